The second-order valence-electron chi connectivity index (χ2n) is 9.06. The average molecular weight is 518 g/mol. The molecule has 0 unspecified atom stereocenters. The molecule has 0 atom stereocenters. The molecule has 196 valence electrons. The zero-order valence-electron chi connectivity index (χ0n) is 20.6. The molecular formula is C25H26F3N5O4. The van der Waals surface area contributed by atoms with E-state index in [1.807, 2.05) is 0 Å². The Morgan fingerprint density at radius 1 is 1.05 bits per heavy atom. The minimum atomic E-state index is -4.55. The highest BCUT2D eigenvalue weighted by Gasteiger charge is 2.31. The SMILES string of the molecule is CC(=N)NC(=O)c1ccc(CONC(=O)c2c(Oc3cccc(C(F)(F)F)c3)cnn2C(C)(C)C)cc1. The number of hydroxylamine groups is 1. The van der Waals surface area contributed by atoms with E-state index in [-0.39, 0.29) is 29.6 Å². The molecule has 1 aromatic heterocycles. The molecule has 2 aromatic carbocycles. The fourth-order valence-corrected chi connectivity index (χ4v) is 3.22. The maximum Gasteiger partial charge on any atom is 0.416 e. The number of carbonyl (C=O) groups excluding carboxylic acids is 2. The second-order valence-corrected chi connectivity index (χ2v) is 9.06. The van der Waals surface area contributed by atoms with Crippen LogP contribution in [0.25, 0.3) is 0 Å². The number of alkyl halides is 3. The van der Waals surface area contributed by atoms with Crippen molar-refractivity contribution in [2.75, 3.05) is 0 Å². The predicted octanol–water partition coefficient (Wildman–Crippen LogP) is 5.04. The number of nitrogens with one attached hydrogen (secondary N) is 3. The van der Waals surface area contributed by atoms with Crippen molar-refractivity contribution in [1.82, 2.24) is 20.6 Å². The Bertz CT molecular complexity index is 1290. The highest BCUT2D eigenvalue weighted by atomic mass is 19.4. The van der Waals surface area contributed by atoms with Gasteiger partial charge in [0.1, 0.15) is 5.75 Å². The summed E-state index contributed by atoms with van der Waals surface area (Å²) in [5.74, 6) is -1.28. The number of carbonyl (C=O) groups is 2. The second kappa shape index (κ2) is 10.8. The lowest BCUT2D eigenvalue weighted by Crippen LogP contribution is -2.32. The van der Waals surface area contributed by atoms with E-state index in [0.717, 1.165) is 12.1 Å². The molecule has 2 amide bonds. The first kappa shape index (κ1) is 27.4. The van der Waals surface area contributed by atoms with Gasteiger partial charge in [0.15, 0.2) is 11.4 Å². The number of hydrogen-bond acceptors (Lipinski definition) is 6. The standard InChI is InChI=1S/C25H26F3N5O4/c1-15(29)31-22(34)17-10-8-16(9-11-17)14-36-32-23(35)21-20(13-30-33(21)24(2,3)4)37-19-7-5-6-18(12-19)25(26,27)28/h5-13H,14H2,1-4H3,(H,32,35)(H2,29,31,34). The molecule has 9 nitrogen and oxygen atoms in total. The smallest absolute Gasteiger partial charge is 0.416 e. The van der Waals surface area contributed by atoms with Gasteiger partial charge in [0.2, 0.25) is 0 Å². The van der Waals surface area contributed by atoms with Gasteiger partial charge < -0.3 is 10.1 Å². The van der Waals surface area contributed by atoms with Crippen molar-refractivity contribution in [2.45, 2.75) is 46.0 Å². The zero-order chi connectivity index (χ0) is 27.4. The third-order valence-electron chi connectivity index (χ3n) is 4.90. The lowest BCUT2D eigenvalue weighted by Gasteiger charge is -2.22. The van der Waals surface area contributed by atoms with E-state index in [9.17, 15) is 22.8 Å². The first-order valence-corrected chi connectivity index (χ1v) is 11.1. The lowest BCUT2D eigenvalue weighted by atomic mass is 10.1. The average Bonchev–Trinajstić information content (AvgIpc) is 3.23. The number of benzene rings is 2. The molecule has 0 radical (unpaired) electrons. The van der Waals surface area contributed by atoms with Crippen LogP contribution >= 0.6 is 0 Å². The molecule has 0 saturated carbocycles. The molecule has 0 fully saturated rings. The number of amides is 2. The number of nitrogens with zero attached hydrogens (tertiary/aromatic N) is 2. The van der Waals surface area contributed by atoms with E-state index in [1.165, 1.54) is 29.9 Å². The number of hydrogen-bond donors (Lipinski definition) is 3. The molecule has 3 N–H and O–H groups in total. The van der Waals surface area contributed by atoms with Crippen LogP contribution in [0.4, 0.5) is 13.2 Å². The molecular weight excluding hydrogens is 491 g/mol. The number of amidine groups is 1. The molecule has 12 heteroatoms. The summed E-state index contributed by atoms with van der Waals surface area (Å²) in [5, 5.41) is 13.9. The molecule has 0 aliphatic heterocycles. The Balaban J connectivity index is 1.73. The quantitative estimate of drug-likeness (QED) is 0.231. The van der Waals surface area contributed by atoms with Gasteiger partial charge in [0.05, 0.1) is 29.7 Å². The third kappa shape index (κ3) is 7.17. The van der Waals surface area contributed by atoms with Gasteiger partial charge in [0.25, 0.3) is 11.8 Å². The van der Waals surface area contributed by atoms with Gasteiger partial charge in [0, 0.05) is 5.56 Å². The first-order valence-electron chi connectivity index (χ1n) is 11.1. The highest BCUT2D eigenvalue weighted by molar-refractivity contribution is 6.04. The molecule has 1 heterocycles. The van der Waals surface area contributed by atoms with Gasteiger partial charge in [-0.2, -0.15) is 18.3 Å². The van der Waals surface area contributed by atoms with Crippen LogP contribution in [0.2, 0.25) is 0 Å². The molecule has 0 saturated heterocycles. The summed E-state index contributed by atoms with van der Waals surface area (Å²) in [7, 11) is 0. The van der Waals surface area contributed by atoms with Gasteiger partial charge >= 0.3 is 6.18 Å². The molecule has 3 rings (SSSR count). The Labute approximate surface area is 211 Å². The highest BCUT2D eigenvalue weighted by Crippen LogP contribution is 2.34. The fraction of sp³-hybridized carbons (Fsp3) is 0.280. The van der Waals surface area contributed by atoms with E-state index in [1.54, 1.807) is 45.0 Å². The van der Waals surface area contributed by atoms with Crippen molar-refractivity contribution in [2.24, 2.45) is 0 Å². The van der Waals surface area contributed by atoms with Crippen LogP contribution in [0.5, 0.6) is 11.5 Å². The van der Waals surface area contributed by atoms with Crippen LogP contribution < -0.4 is 15.5 Å². The Morgan fingerprint density at radius 3 is 2.32 bits per heavy atom. The van der Waals surface area contributed by atoms with Gasteiger partial charge in [-0.25, -0.2) is 5.48 Å². The zero-order valence-corrected chi connectivity index (χ0v) is 20.6. The third-order valence-corrected chi connectivity index (χ3v) is 4.90. The summed E-state index contributed by atoms with van der Waals surface area (Å²) in [4.78, 5) is 30.3. The summed E-state index contributed by atoms with van der Waals surface area (Å²) < 4.78 is 46.3. The van der Waals surface area contributed by atoms with E-state index in [0.29, 0.717) is 11.1 Å². The maximum absolute atomic E-state index is 13.1. The number of aromatic nitrogens is 2. The van der Waals surface area contributed by atoms with Crippen molar-refractivity contribution in [3.8, 4) is 11.5 Å². The summed E-state index contributed by atoms with van der Waals surface area (Å²) in [6.45, 7) is 6.80. The number of halogens is 3. The lowest BCUT2D eigenvalue weighted by molar-refractivity contribution is -0.137. The Morgan fingerprint density at radius 2 is 1.73 bits per heavy atom. The van der Waals surface area contributed by atoms with Crippen LogP contribution in [0.15, 0.2) is 54.7 Å². The van der Waals surface area contributed by atoms with Crippen molar-refractivity contribution in [3.05, 3.63) is 77.1 Å². The summed E-state index contributed by atoms with van der Waals surface area (Å²) in [6, 6.07) is 10.7. The topological polar surface area (TPSA) is 118 Å². The van der Waals surface area contributed by atoms with Crippen molar-refractivity contribution < 1.29 is 32.3 Å². The van der Waals surface area contributed by atoms with E-state index in [2.05, 4.69) is 15.9 Å². The fourth-order valence-electron chi connectivity index (χ4n) is 3.22. The van der Waals surface area contributed by atoms with Crippen LogP contribution in [-0.4, -0.2) is 27.4 Å². The van der Waals surface area contributed by atoms with Crippen LogP contribution in [0.3, 0.4) is 0 Å². The first-order chi connectivity index (χ1) is 17.3. The van der Waals surface area contributed by atoms with Crippen molar-refractivity contribution >= 4 is 17.6 Å². The van der Waals surface area contributed by atoms with Crippen LogP contribution in [-0.2, 0) is 23.2 Å². The maximum atomic E-state index is 13.1. The summed E-state index contributed by atoms with van der Waals surface area (Å²) >= 11 is 0. The monoisotopic (exact) mass is 517 g/mol. The van der Waals surface area contributed by atoms with Crippen LogP contribution in [0.1, 0.15) is 59.7 Å². The van der Waals surface area contributed by atoms with E-state index in [4.69, 9.17) is 15.0 Å². The summed E-state index contributed by atoms with van der Waals surface area (Å²) in [5.41, 5.74) is 1.71. The van der Waals surface area contributed by atoms with Gasteiger partial charge in [-0.1, -0.05) is 18.2 Å². The van der Waals surface area contributed by atoms with Gasteiger partial charge in [-0.15, -0.1) is 0 Å². The Hall–Kier alpha value is -4.19. The van der Waals surface area contributed by atoms with Crippen molar-refractivity contribution in [3.63, 3.8) is 0 Å². The molecule has 0 aliphatic carbocycles. The molecule has 0 bridgehead atoms. The van der Waals surface area contributed by atoms with Gasteiger partial charge in [-0.3, -0.25) is 24.5 Å². The number of ether oxygens (including phenoxy) is 1. The molecule has 3 aromatic rings. The minimum absolute atomic E-state index is 0.0195. The van der Waals surface area contributed by atoms with Crippen LogP contribution in [0, 0.1) is 5.41 Å². The molecule has 0 aliphatic rings. The van der Waals surface area contributed by atoms with Gasteiger partial charge in [-0.05, 0) is 63.6 Å². The van der Waals surface area contributed by atoms with E-state index >= 15 is 0 Å². The minimum Gasteiger partial charge on any atom is -0.453 e. The molecule has 37 heavy (non-hydrogen) atoms. The molecule has 0 spiro atoms. The van der Waals surface area contributed by atoms with E-state index < -0.39 is 29.1 Å². The predicted molar refractivity (Wildman–Crippen MR) is 128 cm³/mol. The Kier molecular flexibility index (Phi) is 8.02. The summed E-state index contributed by atoms with van der Waals surface area (Å²) in [6.07, 6.45) is -3.30. The largest absolute Gasteiger partial charge is 0.453 e. The number of rotatable bonds is 7. The van der Waals surface area contributed by atoms with Crippen molar-refractivity contribution in [1.29, 1.82) is 5.41 Å². The normalized spacial score (nSPS) is 11.6.